The van der Waals surface area contributed by atoms with Gasteiger partial charge in [0.25, 0.3) is 0 Å². The average Bonchev–Trinajstić information content (AvgIpc) is 2.60. The van der Waals surface area contributed by atoms with Gasteiger partial charge in [0, 0.05) is 19.4 Å². The second-order valence-electron chi connectivity index (χ2n) is 6.68. The first-order valence-electron chi connectivity index (χ1n) is 9.93. The van der Waals surface area contributed by atoms with E-state index in [4.69, 9.17) is 15.3 Å². The molecule has 0 aromatic heterocycles. The number of methoxy groups -OCH3 is 1. The molecule has 6 heteroatoms. The fourth-order valence-corrected chi connectivity index (χ4v) is 2.37. The summed E-state index contributed by atoms with van der Waals surface area (Å²) in [5.74, 6) is -0.431. The van der Waals surface area contributed by atoms with Crippen LogP contribution in [0.4, 0.5) is 0 Å². The summed E-state index contributed by atoms with van der Waals surface area (Å²) in [5, 5.41) is 26.3. The number of carbonyl (C=O) groups is 2. The van der Waals surface area contributed by atoms with Crippen molar-refractivity contribution in [3.63, 3.8) is 0 Å². The van der Waals surface area contributed by atoms with Crippen molar-refractivity contribution in [1.82, 2.24) is 0 Å². The van der Waals surface area contributed by atoms with Crippen LogP contribution in [0.1, 0.15) is 90.9 Å². The number of ketones is 1. The molecule has 26 heavy (non-hydrogen) atoms. The summed E-state index contributed by atoms with van der Waals surface area (Å²) in [6, 6.07) is 0. The summed E-state index contributed by atoms with van der Waals surface area (Å²) in [4.78, 5) is 21.3. The van der Waals surface area contributed by atoms with Crippen molar-refractivity contribution in [3.8, 4) is 0 Å². The van der Waals surface area contributed by atoms with E-state index in [9.17, 15) is 9.59 Å². The lowest BCUT2D eigenvalue weighted by Gasteiger charge is -2.11. The van der Waals surface area contributed by atoms with Crippen molar-refractivity contribution in [1.29, 1.82) is 0 Å². The van der Waals surface area contributed by atoms with E-state index in [1.54, 1.807) is 0 Å². The number of Topliss-reactive ketones (excluding diaryl/α,β-unsaturated/α-hetero) is 1. The van der Waals surface area contributed by atoms with Gasteiger partial charge in [-0.15, -0.1) is 0 Å². The van der Waals surface area contributed by atoms with Gasteiger partial charge in [0.05, 0.1) is 13.2 Å². The fourth-order valence-electron chi connectivity index (χ4n) is 2.37. The molecule has 0 aromatic carbocycles. The van der Waals surface area contributed by atoms with Crippen LogP contribution in [0.25, 0.3) is 0 Å². The van der Waals surface area contributed by atoms with E-state index in [-0.39, 0.29) is 31.2 Å². The van der Waals surface area contributed by atoms with Gasteiger partial charge in [0.15, 0.2) is 5.78 Å². The third-order valence-electron chi connectivity index (χ3n) is 4.14. The minimum Gasteiger partial charge on any atom is -0.469 e. The summed E-state index contributed by atoms with van der Waals surface area (Å²) >= 11 is 0. The molecule has 0 radical (unpaired) electrons. The fraction of sp³-hybridized carbons (Fsp3) is 0.900. The molecule has 0 aromatic rings. The summed E-state index contributed by atoms with van der Waals surface area (Å²) in [6.45, 7) is 3.37. The van der Waals surface area contributed by atoms with Gasteiger partial charge in [0.1, 0.15) is 6.10 Å². The highest BCUT2D eigenvalue weighted by molar-refractivity contribution is 5.80. The van der Waals surface area contributed by atoms with E-state index < -0.39 is 12.2 Å². The maximum Gasteiger partial charge on any atom is 0.305 e. The summed E-state index contributed by atoms with van der Waals surface area (Å²) in [7, 11) is 1.45. The Morgan fingerprint density at radius 3 is 1.85 bits per heavy atom. The van der Waals surface area contributed by atoms with E-state index in [0.29, 0.717) is 6.42 Å². The van der Waals surface area contributed by atoms with Crippen molar-refractivity contribution in [2.75, 3.05) is 13.7 Å². The molecule has 0 saturated heterocycles. The number of unbranched alkanes of at least 4 members (excludes halogenated alkanes) is 8. The molecule has 0 saturated carbocycles. The highest BCUT2D eigenvalue weighted by atomic mass is 16.5. The molecule has 0 aliphatic heterocycles. The summed E-state index contributed by atoms with van der Waals surface area (Å²) in [5.41, 5.74) is 0. The molecule has 0 aliphatic carbocycles. The zero-order valence-corrected chi connectivity index (χ0v) is 16.9. The second kappa shape index (κ2) is 20.3. The molecule has 2 unspecified atom stereocenters. The van der Waals surface area contributed by atoms with Gasteiger partial charge in [-0.25, -0.2) is 0 Å². The van der Waals surface area contributed by atoms with E-state index in [0.717, 1.165) is 6.42 Å². The quantitative estimate of drug-likeness (QED) is 0.300. The molecule has 6 nitrogen and oxygen atoms in total. The number of esters is 1. The zero-order chi connectivity index (χ0) is 20.2. The van der Waals surface area contributed by atoms with E-state index in [1.807, 2.05) is 0 Å². The minimum atomic E-state index is -1.10. The molecule has 0 amide bonds. The van der Waals surface area contributed by atoms with Gasteiger partial charge < -0.3 is 20.1 Å². The van der Waals surface area contributed by atoms with Crippen LogP contribution in [0.3, 0.4) is 0 Å². The number of aliphatic hydroxyl groups is 3. The van der Waals surface area contributed by atoms with Gasteiger partial charge in [-0.1, -0.05) is 58.3 Å². The predicted molar refractivity (Wildman–Crippen MR) is 103 cm³/mol. The Hall–Kier alpha value is -0.980. The first-order valence-corrected chi connectivity index (χ1v) is 9.93. The largest absolute Gasteiger partial charge is 0.469 e. The Labute approximate surface area is 158 Å². The van der Waals surface area contributed by atoms with Crippen molar-refractivity contribution in [3.05, 3.63) is 0 Å². The average molecular weight is 377 g/mol. The zero-order valence-electron chi connectivity index (χ0n) is 16.9. The van der Waals surface area contributed by atoms with Gasteiger partial charge in [-0.3, -0.25) is 9.59 Å². The molecule has 0 bridgehead atoms. The van der Waals surface area contributed by atoms with Crippen molar-refractivity contribution in [2.24, 2.45) is 0 Å². The standard InChI is InChI=1S/C13H26O2.C7H14O4/c1-3-4-5-6-7-8-9-10-11-12-13(14)15-2;1-5(9)7(11)4-6(10)2-3-8/h3-12H2,1-2H3;6-8,10-11H,2-4H2,1H3. The van der Waals surface area contributed by atoms with Crippen LogP contribution in [0.5, 0.6) is 0 Å². The Balaban J connectivity index is 0. The third-order valence-corrected chi connectivity index (χ3v) is 4.14. The van der Waals surface area contributed by atoms with Crippen molar-refractivity contribution in [2.45, 2.75) is 103 Å². The summed E-state index contributed by atoms with van der Waals surface area (Å²) < 4.78 is 4.58. The van der Waals surface area contributed by atoms with Gasteiger partial charge in [0.2, 0.25) is 0 Å². The third kappa shape index (κ3) is 21.1. The molecule has 156 valence electrons. The molecular formula is C20H40O6. The number of aliphatic hydroxyl groups excluding tert-OH is 3. The Morgan fingerprint density at radius 2 is 1.42 bits per heavy atom. The highest BCUT2D eigenvalue weighted by Crippen LogP contribution is 2.10. The Kier molecular flexibility index (Phi) is 21.3. The van der Waals surface area contributed by atoms with Crippen LogP contribution in [-0.4, -0.2) is 53.0 Å². The van der Waals surface area contributed by atoms with Crippen LogP contribution >= 0.6 is 0 Å². The first kappa shape index (κ1) is 27.2. The number of hydrogen-bond acceptors (Lipinski definition) is 6. The van der Waals surface area contributed by atoms with Crippen molar-refractivity contribution < 1.29 is 29.6 Å². The van der Waals surface area contributed by atoms with Crippen LogP contribution in [0.15, 0.2) is 0 Å². The molecule has 2 atom stereocenters. The first-order chi connectivity index (χ1) is 12.4. The molecule has 0 fully saturated rings. The topological polar surface area (TPSA) is 104 Å². The van der Waals surface area contributed by atoms with Gasteiger partial charge in [-0.05, 0) is 19.8 Å². The van der Waals surface area contributed by atoms with Crippen LogP contribution < -0.4 is 0 Å². The lowest BCUT2D eigenvalue weighted by molar-refractivity contribution is -0.140. The van der Waals surface area contributed by atoms with Crippen LogP contribution in [0, 0.1) is 0 Å². The number of ether oxygens (including phenoxy) is 1. The van der Waals surface area contributed by atoms with Gasteiger partial charge in [-0.2, -0.15) is 0 Å². The van der Waals surface area contributed by atoms with E-state index >= 15 is 0 Å². The molecule has 0 spiro atoms. The SMILES string of the molecule is CC(=O)C(O)CC(O)CCO.CCCCCCCCCCCC(=O)OC. The molecular weight excluding hydrogens is 336 g/mol. The normalized spacial score (nSPS) is 12.7. The monoisotopic (exact) mass is 376 g/mol. The van der Waals surface area contributed by atoms with Crippen molar-refractivity contribution >= 4 is 11.8 Å². The maximum absolute atomic E-state index is 10.8. The predicted octanol–water partition coefficient (Wildman–Crippen LogP) is 3.15. The Morgan fingerprint density at radius 1 is 0.923 bits per heavy atom. The molecule has 3 N–H and O–H groups in total. The number of hydrogen-bond donors (Lipinski definition) is 3. The summed E-state index contributed by atoms with van der Waals surface area (Å²) in [6.07, 6.45) is 10.5. The minimum absolute atomic E-state index is 0.00981. The smallest absolute Gasteiger partial charge is 0.305 e. The van der Waals surface area contributed by atoms with Crippen LogP contribution in [-0.2, 0) is 14.3 Å². The van der Waals surface area contributed by atoms with Gasteiger partial charge >= 0.3 is 5.97 Å². The Bertz CT molecular complexity index is 332. The molecule has 0 rings (SSSR count). The van der Waals surface area contributed by atoms with E-state index in [1.165, 1.54) is 65.4 Å². The molecule has 0 aliphatic rings. The second-order valence-corrected chi connectivity index (χ2v) is 6.68. The number of carbonyl (C=O) groups excluding carboxylic acids is 2. The van der Waals surface area contributed by atoms with E-state index in [2.05, 4.69) is 11.7 Å². The van der Waals surface area contributed by atoms with Crippen LogP contribution in [0.2, 0.25) is 0 Å². The molecule has 0 heterocycles. The lowest BCUT2D eigenvalue weighted by atomic mass is 10.1. The maximum atomic E-state index is 10.8. The lowest BCUT2D eigenvalue weighted by Crippen LogP contribution is -2.24. The number of rotatable bonds is 15. The highest BCUT2D eigenvalue weighted by Gasteiger charge is 2.14.